The molecule has 0 unspecified atom stereocenters. The highest BCUT2D eigenvalue weighted by Crippen LogP contribution is 2.20. The molecule has 0 N–H and O–H groups in total. The van der Waals surface area contributed by atoms with Crippen molar-refractivity contribution in [3.8, 4) is 11.5 Å². The largest absolute Gasteiger partial charge is 0.452 e. The minimum absolute atomic E-state index is 0.110. The van der Waals surface area contributed by atoms with E-state index >= 15 is 0 Å². The van der Waals surface area contributed by atoms with Crippen molar-refractivity contribution < 1.29 is 18.9 Å². The van der Waals surface area contributed by atoms with E-state index in [0.717, 1.165) is 0 Å². The molecule has 1 heterocycles. The molecule has 0 radical (unpaired) electrons. The molecule has 25 heavy (non-hydrogen) atoms. The molecule has 0 saturated heterocycles. The Balaban J connectivity index is 1.62. The summed E-state index contributed by atoms with van der Waals surface area (Å²) in [6, 6.07) is 11.9. The number of nitro benzene ring substituents is 1. The molecule has 0 amide bonds. The fourth-order valence-corrected chi connectivity index (χ4v) is 2.08. The summed E-state index contributed by atoms with van der Waals surface area (Å²) in [5.41, 5.74) is 0.758. The Bertz CT molecular complexity index is 906. The smallest absolute Gasteiger partial charge is 0.338 e. The van der Waals surface area contributed by atoms with E-state index in [9.17, 15) is 14.9 Å². The van der Waals surface area contributed by atoms with Crippen molar-refractivity contribution in [1.29, 1.82) is 0 Å². The van der Waals surface area contributed by atoms with Crippen molar-refractivity contribution in [2.45, 2.75) is 6.61 Å². The minimum atomic E-state index is -0.652. The second kappa shape index (κ2) is 7.10. The molecule has 0 aliphatic rings. The first kappa shape index (κ1) is 16.6. The molecule has 0 aliphatic carbocycles. The maximum Gasteiger partial charge on any atom is 0.338 e. The second-order valence-electron chi connectivity index (χ2n) is 4.89. The Morgan fingerprint density at radius 1 is 1.12 bits per heavy atom. The first-order chi connectivity index (χ1) is 12.0. The standard InChI is InChI=1S/C16H10ClN3O5/c17-12-5-1-10(2-6-12)15-19-18-14(25-15)9-24-16(21)11-3-7-13(8-4-11)20(22)23/h1-8H,9H2. The van der Waals surface area contributed by atoms with Crippen LogP contribution < -0.4 is 0 Å². The molecule has 8 nitrogen and oxygen atoms in total. The Kier molecular flexibility index (Phi) is 4.71. The Hall–Kier alpha value is -3.26. The minimum Gasteiger partial charge on any atom is -0.452 e. The summed E-state index contributed by atoms with van der Waals surface area (Å²) >= 11 is 5.81. The van der Waals surface area contributed by atoms with E-state index in [-0.39, 0.29) is 29.6 Å². The number of hydrogen-bond acceptors (Lipinski definition) is 7. The molecule has 0 fully saturated rings. The van der Waals surface area contributed by atoms with Crippen LogP contribution in [0.15, 0.2) is 52.9 Å². The lowest BCUT2D eigenvalue weighted by atomic mass is 10.2. The van der Waals surface area contributed by atoms with Gasteiger partial charge in [0.2, 0.25) is 5.89 Å². The number of benzene rings is 2. The molecule has 2 aromatic carbocycles. The number of nitro groups is 1. The van der Waals surface area contributed by atoms with Crippen molar-refractivity contribution in [2.75, 3.05) is 0 Å². The second-order valence-corrected chi connectivity index (χ2v) is 5.32. The number of non-ortho nitro benzene ring substituents is 1. The highest BCUT2D eigenvalue weighted by atomic mass is 35.5. The van der Waals surface area contributed by atoms with Crippen LogP contribution in [0.5, 0.6) is 0 Å². The van der Waals surface area contributed by atoms with Crippen LogP contribution in [-0.4, -0.2) is 21.1 Å². The van der Waals surface area contributed by atoms with Crippen LogP contribution in [0.2, 0.25) is 5.02 Å². The van der Waals surface area contributed by atoms with Crippen molar-refractivity contribution >= 4 is 23.3 Å². The van der Waals surface area contributed by atoms with Crippen LogP contribution in [0.25, 0.3) is 11.5 Å². The van der Waals surface area contributed by atoms with Crippen molar-refractivity contribution in [2.24, 2.45) is 0 Å². The molecule has 9 heteroatoms. The fourth-order valence-electron chi connectivity index (χ4n) is 1.95. The van der Waals surface area contributed by atoms with Gasteiger partial charge >= 0.3 is 5.97 Å². The fraction of sp³-hybridized carbons (Fsp3) is 0.0625. The lowest BCUT2D eigenvalue weighted by Gasteiger charge is -2.01. The molecule has 0 atom stereocenters. The van der Waals surface area contributed by atoms with Gasteiger partial charge in [-0.3, -0.25) is 10.1 Å². The maximum absolute atomic E-state index is 11.9. The van der Waals surface area contributed by atoms with Gasteiger partial charge in [0.05, 0.1) is 10.5 Å². The van der Waals surface area contributed by atoms with E-state index in [1.54, 1.807) is 24.3 Å². The predicted octanol–water partition coefficient (Wildman–Crippen LogP) is 3.66. The average Bonchev–Trinajstić information content (AvgIpc) is 3.09. The SMILES string of the molecule is O=C(OCc1nnc(-c2ccc(Cl)cc2)o1)c1ccc([N+](=O)[O-])cc1. The summed E-state index contributed by atoms with van der Waals surface area (Å²) < 4.78 is 10.5. The van der Waals surface area contributed by atoms with Crippen LogP contribution >= 0.6 is 11.6 Å². The van der Waals surface area contributed by atoms with Gasteiger partial charge in [-0.2, -0.15) is 0 Å². The van der Waals surface area contributed by atoms with E-state index in [4.69, 9.17) is 20.8 Å². The lowest BCUT2D eigenvalue weighted by molar-refractivity contribution is -0.384. The van der Waals surface area contributed by atoms with Gasteiger partial charge in [-0.25, -0.2) is 4.79 Å². The third-order valence-corrected chi connectivity index (χ3v) is 3.45. The molecule has 0 spiro atoms. The molecule has 0 saturated carbocycles. The number of aromatic nitrogens is 2. The lowest BCUT2D eigenvalue weighted by Crippen LogP contribution is -2.05. The number of hydrogen-bond donors (Lipinski definition) is 0. The number of carbonyl (C=O) groups excluding carboxylic acids is 1. The van der Waals surface area contributed by atoms with Crippen molar-refractivity contribution in [3.63, 3.8) is 0 Å². The summed E-state index contributed by atoms with van der Waals surface area (Å²) in [5, 5.41) is 18.8. The van der Waals surface area contributed by atoms with Crippen LogP contribution in [0, 0.1) is 10.1 Å². The van der Waals surface area contributed by atoms with Gasteiger partial charge in [0.25, 0.3) is 11.6 Å². The van der Waals surface area contributed by atoms with Gasteiger partial charge < -0.3 is 9.15 Å². The third kappa shape index (κ3) is 3.99. The van der Waals surface area contributed by atoms with Crippen LogP contribution in [-0.2, 0) is 11.3 Å². The zero-order chi connectivity index (χ0) is 17.8. The molecular formula is C16H10ClN3O5. The van der Waals surface area contributed by atoms with E-state index in [2.05, 4.69) is 10.2 Å². The summed E-state index contributed by atoms with van der Waals surface area (Å²) in [5.74, 6) is -0.251. The van der Waals surface area contributed by atoms with Crippen LogP contribution in [0.3, 0.4) is 0 Å². The van der Waals surface area contributed by atoms with Gasteiger partial charge in [0.1, 0.15) is 0 Å². The van der Waals surface area contributed by atoms with Gasteiger partial charge in [-0.05, 0) is 36.4 Å². The molecule has 126 valence electrons. The normalized spacial score (nSPS) is 10.4. The maximum atomic E-state index is 11.9. The first-order valence-electron chi connectivity index (χ1n) is 7.03. The van der Waals surface area contributed by atoms with E-state index < -0.39 is 10.9 Å². The quantitative estimate of drug-likeness (QED) is 0.388. The number of rotatable bonds is 5. The topological polar surface area (TPSA) is 108 Å². The molecule has 3 aromatic rings. The molecule has 3 rings (SSSR count). The molecule has 0 bridgehead atoms. The number of ether oxygens (including phenoxy) is 1. The molecule has 0 aliphatic heterocycles. The van der Waals surface area contributed by atoms with E-state index in [0.29, 0.717) is 10.6 Å². The Morgan fingerprint density at radius 3 is 2.44 bits per heavy atom. The number of halogens is 1. The van der Waals surface area contributed by atoms with Crippen LogP contribution in [0.4, 0.5) is 5.69 Å². The number of esters is 1. The third-order valence-electron chi connectivity index (χ3n) is 3.20. The van der Waals surface area contributed by atoms with Gasteiger partial charge in [0.15, 0.2) is 6.61 Å². The summed E-state index contributed by atoms with van der Waals surface area (Å²) in [7, 11) is 0. The van der Waals surface area contributed by atoms with Crippen molar-refractivity contribution in [3.05, 3.63) is 75.1 Å². The average molecular weight is 360 g/mol. The summed E-state index contributed by atoms with van der Waals surface area (Å²) in [6.07, 6.45) is 0. The molecule has 1 aromatic heterocycles. The first-order valence-corrected chi connectivity index (χ1v) is 7.40. The zero-order valence-electron chi connectivity index (χ0n) is 12.6. The molecular weight excluding hydrogens is 350 g/mol. The summed E-state index contributed by atoms with van der Waals surface area (Å²) in [6.45, 7) is -0.212. The van der Waals surface area contributed by atoms with E-state index in [1.807, 2.05) is 0 Å². The van der Waals surface area contributed by atoms with Gasteiger partial charge in [-0.1, -0.05) is 11.6 Å². The Morgan fingerprint density at radius 2 is 1.80 bits per heavy atom. The number of nitrogens with zero attached hydrogens (tertiary/aromatic N) is 3. The monoisotopic (exact) mass is 359 g/mol. The van der Waals surface area contributed by atoms with Gasteiger partial charge in [0, 0.05) is 22.7 Å². The Labute approximate surface area is 146 Å². The predicted molar refractivity (Wildman–Crippen MR) is 87.0 cm³/mol. The van der Waals surface area contributed by atoms with E-state index in [1.165, 1.54) is 24.3 Å². The van der Waals surface area contributed by atoms with Crippen molar-refractivity contribution in [1.82, 2.24) is 10.2 Å². The van der Waals surface area contributed by atoms with Crippen LogP contribution in [0.1, 0.15) is 16.2 Å². The van der Waals surface area contributed by atoms with Gasteiger partial charge in [-0.15, -0.1) is 10.2 Å². The summed E-state index contributed by atoms with van der Waals surface area (Å²) in [4.78, 5) is 22.0. The number of carbonyl (C=O) groups is 1. The highest BCUT2D eigenvalue weighted by Gasteiger charge is 2.14. The highest BCUT2D eigenvalue weighted by molar-refractivity contribution is 6.30. The zero-order valence-corrected chi connectivity index (χ0v) is 13.3.